The highest BCUT2D eigenvalue weighted by Gasteiger charge is 2.33. The van der Waals surface area contributed by atoms with Gasteiger partial charge in [-0.05, 0) is 74.8 Å². The Morgan fingerprint density at radius 1 is 1.07 bits per heavy atom. The van der Waals surface area contributed by atoms with Gasteiger partial charge in [-0.3, -0.25) is 24.3 Å². The van der Waals surface area contributed by atoms with Crippen LogP contribution < -0.4 is 21.1 Å². The third-order valence-corrected chi connectivity index (χ3v) is 8.18. The third-order valence-electron chi connectivity index (χ3n) is 8.18. The van der Waals surface area contributed by atoms with Crippen molar-refractivity contribution in [1.29, 1.82) is 0 Å². The summed E-state index contributed by atoms with van der Waals surface area (Å²) in [6, 6.07) is 15.8. The summed E-state index contributed by atoms with van der Waals surface area (Å²) in [6.07, 6.45) is 5.92. The molecule has 1 aliphatic rings. The number of anilines is 3. The van der Waals surface area contributed by atoms with E-state index in [1.54, 1.807) is 47.6 Å². The first-order valence-electron chi connectivity index (χ1n) is 15.9. The Labute approximate surface area is 271 Å². The molecule has 0 aliphatic carbocycles. The quantitative estimate of drug-likeness (QED) is 0.150. The van der Waals surface area contributed by atoms with E-state index in [0.29, 0.717) is 67.1 Å². The van der Waals surface area contributed by atoms with E-state index in [4.69, 9.17) is 10.5 Å². The zero-order valence-electron chi connectivity index (χ0n) is 26.9. The van der Waals surface area contributed by atoms with Crippen molar-refractivity contribution in [1.82, 2.24) is 14.8 Å². The molecule has 4 rings (SSSR count). The van der Waals surface area contributed by atoms with Gasteiger partial charge in [0.1, 0.15) is 11.9 Å². The Hall–Kier alpha value is -4.48. The van der Waals surface area contributed by atoms with Gasteiger partial charge in [0.25, 0.3) is 5.91 Å². The van der Waals surface area contributed by atoms with Gasteiger partial charge in [0.2, 0.25) is 11.8 Å². The van der Waals surface area contributed by atoms with Crippen LogP contribution in [0, 0.1) is 5.92 Å². The van der Waals surface area contributed by atoms with Crippen molar-refractivity contribution in [3.05, 3.63) is 78.1 Å². The second-order valence-electron chi connectivity index (χ2n) is 12.1. The molecule has 0 saturated carbocycles. The first kappa shape index (κ1) is 34.4. The highest BCUT2D eigenvalue weighted by Crippen LogP contribution is 2.31. The molecule has 246 valence electrons. The number of nitrogens with two attached hydrogens (primary N) is 1. The van der Waals surface area contributed by atoms with E-state index < -0.39 is 0 Å². The number of aromatic nitrogens is 1. The van der Waals surface area contributed by atoms with Crippen LogP contribution in [0.5, 0.6) is 5.75 Å². The lowest BCUT2D eigenvalue weighted by Crippen LogP contribution is -2.49. The van der Waals surface area contributed by atoms with Gasteiger partial charge in [-0.25, -0.2) is 0 Å². The molecule has 2 heterocycles. The molecule has 3 aromatic rings. The summed E-state index contributed by atoms with van der Waals surface area (Å²) in [5, 5.41) is 15.7. The number of carbonyl (C=O) groups excluding carboxylic acids is 3. The van der Waals surface area contributed by atoms with Gasteiger partial charge in [0.05, 0.1) is 29.6 Å². The number of pyridine rings is 1. The molecule has 0 unspecified atom stereocenters. The molecule has 0 bridgehead atoms. The van der Waals surface area contributed by atoms with E-state index in [2.05, 4.69) is 27.4 Å². The monoisotopic (exact) mass is 630 g/mol. The first-order valence-corrected chi connectivity index (χ1v) is 15.9. The summed E-state index contributed by atoms with van der Waals surface area (Å²) >= 11 is 0. The molecule has 46 heavy (non-hydrogen) atoms. The van der Waals surface area contributed by atoms with Crippen LogP contribution >= 0.6 is 0 Å². The zero-order chi connectivity index (χ0) is 33.1. The van der Waals surface area contributed by atoms with E-state index in [0.717, 1.165) is 12.1 Å². The molecule has 11 heteroatoms. The van der Waals surface area contributed by atoms with Crippen LogP contribution in [-0.2, 0) is 16.1 Å². The standard InChI is InChI=1S/C35H46N6O5/c1-24-20-41(25(2)23-42)35(45)28-19-27(13-14-31(28)46-32(24)22-40(3)21-26-15-17-37-18-16-26)38-33(43)11-5-4-6-12-34(44)39-30-10-8-7-9-29(30)36/h7-10,13-19,24-25,32,42H,4-6,11-12,20-23,36H2,1-3H3,(H,38,43)(H,39,44)/t24-,25+,32-/m1/s1. The van der Waals surface area contributed by atoms with Crippen molar-refractivity contribution < 1.29 is 24.2 Å². The SMILES string of the molecule is C[C@@H]1CN([C@@H](C)CO)C(=O)c2cc(NC(=O)CCCCCC(=O)Nc3ccccc3N)ccc2O[C@@H]1CN(C)Cc1ccncc1. The molecule has 3 amide bonds. The average Bonchev–Trinajstić information content (AvgIpc) is 3.04. The van der Waals surface area contributed by atoms with E-state index in [9.17, 15) is 19.5 Å². The van der Waals surface area contributed by atoms with Crippen LogP contribution in [0.3, 0.4) is 0 Å². The van der Waals surface area contributed by atoms with Gasteiger partial charge in [-0.15, -0.1) is 0 Å². The Balaban J connectivity index is 1.35. The fourth-order valence-corrected chi connectivity index (χ4v) is 5.48. The number of benzene rings is 2. The number of likely N-dealkylation sites (N-methyl/N-ethyl adjacent to an activating group) is 1. The smallest absolute Gasteiger partial charge is 0.258 e. The largest absolute Gasteiger partial charge is 0.488 e. The number of ether oxygens (including phenoxy) is 1. The number of aliphatic hydroxyl groups is 1. The second-order valence-corrected chi connectivity index (χ2v) is 12.1. The number of hydrogen-bond acceptors (Lipinski definition) is 8. The number of nitrogens with zero attached hydrogens (tertiary/aromatic N) is 3. The molecule has 2 aromatic carbocycles. The summed E-state index contributed by atoms with van der Waals surface area (Å²) in [6.45, 7) is 5.47. The maximum atomic E-state index is 13.7. The van der Waals surface area contributed by atoms with Crippen molar-refractivity contribution in [2.24, 2.45) is 5.92 Å². The number of nitrogens with one attached hydrogen (secondary N) is 2. The molecule has 3 atom stereocenters. The number of unbranched alkanes of at least 4 members (excludes halogenated alkanes) is 2. The number of para-hydroxylation sites is 2. The van der Waals surface area contributed by atoms with E-state index in [1.807, 2.05) is 38.2 Å². The predicted octanol–water partition coefficient (Wildman–Crippen LogP) is 4.54. The minimum absolute atomic E-state index is 0.00656. The molecule has 1 aromatic heterocycles. The number of amides is 3. The van der Waals surface area contributed by atoms with Gasteiger partial charge < -0.3 is 31.1 Å². The fourth-order valence-electron chi connectivity index (χ4n) is 5.48. The van der Waals surface area contributed by atoms with Crippen molar-refractivity contribution in [3.63, 3.8) is 0 Å². The summed E-state index contributed by atoms with van der Waals surface area (Å²) in [5.74, 6) is -0.101. The lowest BCUT2D eigenvalue weighted by molar-refractivity contribution is -0.116. The van der Waals surface area contributed by atoms with Crippen LogP contribution in [0.25, 0.3) is 0 Å². The van der Waals surface area contributed by atoms with Gasteiger partial charge in [0.15, 0.2) is 0 Å². The van der Waals surface area contributed by atoms with Crippen LogP contribution in [0.1, 0.15) is 61.9 Å². The Bertz CT molecular complexity index is 1470. The van der Waals surface area contributed by atoms with Crippen LogP contribution in [0.2, 0.25) is 0 Å². The Morgan fingerprint density at radius 2 is 1.76 bits per heavy atom. The lowest BCUT2D eigenvalue weighted by Gasteiger charge is -2.38. The van der Waals surface area contributed by atoms with Gasteiger partial charge in [0, 0.05) is 56.5 Å². The van der Waals surface area contributed by atoms with Gasteiger partial charge in [-0.2, -0.15) is 0 Å². The topological polar surface area (TPSA) is 150 Å². The maximum Gasteiger partial charge on any atom is 0.258 e. The number of nitrogen functional groups attached to an aromatic ring is 1. The fraction of sp³-hybridized carbons (Fsp3) is 0.429. The molecular weight excluding hydrogens is 584 g/mol. The summed E-state index contributed by atoms with van der Waals surface area (Å²) in [4.78, 5) is 46.7. The summed E-state index contributed by atoms with van der Waals surface area (Å²) < 4.78 is 6.49. The summed E-state index contributed by atoms with van der Waals surface area (Å²) in [7, 11) is 2.03. The number of rotatable bonds is 14. The minimum Gasteiger partial charge on any atom is -0.488 e. The van der Waals surface area contributed by atoms with E-state index >= 15 is 0 Å². The molecule has 0 spiro atoms. The van der Waals surface area contributed by atoms with E-state index in [-0.39, 0.29) is 48.8 Å². The van der Waals surface area contributed by atoms with Crippen molar-refractivity contribution >= 4 is 34.8 Å². The minimum atomic E-state index is -0.388. The second kappa shape index (κ2) is 16.7. The first-order chi connectivity index (χ1) is 22.1. The lowest BCUT2D eigenvalue weighted by atomic mass is 9.99. The van der Waals surface area contributed by atoms with Crippen LogP contribution in [-0.4, -0.2) is 76.5 Å². The van der Waals surface area contributed by atoms with Crippen molar-refractivity contribution in [3.8, 4) is 5.75 Å². The highest BCUT2D eigenvalue weighted by atomic mass is 16.5. The van der Waals surface area contributed by atoms with E-state index in [1.165, 1.54) is 0 Å². The molecular formula is C35H46N6O5. The van der Waals surface area contributed by atoms with Crippen LogP contribution in [0.15, 0.2) is 67.0 Å². The summed E-state index contributed by atoms with van der Waals surface area (Å²) in [5.41, 5.74) is 8.98. The molecule has 1 aliphatic heterocycles. The molecule has 11 nitrogen and oxygen atoms in total. The number of hydrogen-bond donors (Lipinski definition) is 4. The average molecular weight is 631 g/mol. The molecule has 0 saturated heterocycles. The van der Waals surface area contributed by atoms with Crippen LogP contribution in [0.4, 0.5) is 17.1 Å². The number of carbonyl (C=O) groups is 3. The highest BCUT2D eigenvalue weighted by molar-refractivity contribution is 6.00. The van der Waals surface area contributed by atoms with Crippen molar-refractivity contribution in [2.45, 2.75) is 64.6 Å². The molecule has 0 radical (unpaired) electrons. The molecule has 5 N–H and O–H groups in total. The predicted molar refractivity (Wildman–Crippen MR) is 179 cm³/mol. The Kier molecular flexibility index (Phi) is 12.5. The number of aliphatic hydroxyl groups excluding tert-OH is 1. The third kappa shape index (κ3) is 9.76. The maximum absolute atomic E-state index is 13.7. The Morgan fingerprint density at radius 3 is 2.46 bits per heavy atom. The molecule has 0 fully saturated rings. The van der Waals surface area contributed by atoms with Gasteiger partial charge in [-0.1, -0.05) is 25.5 Å². The normalized spacial score (nSPS) is 17.0. The van der Waals surface area contributed by atoms with Crippen molar-refractivity contribution in [2.75, 3.05) is 43.1 Å². The number of fused-ring (bicyclic) bond motifs is 1. The van der Waals surface area contributed by atoms with Gasteiger partial charge >= 0.3 is 0 Å². The zero-order valence-corrected chi connectivity index (χ0v) is 26.9.